The van der Waals surface area contributed by atoms with Crippen LogP contribution in [-0.4, -0.2) is 21.5 Å². The maximum absolute atomic E-state index is 4.79. The maximum atomic E-state index is 4.79. The molecule has 1 atom stereocenters. The summed E-state index contributed by atoms with van der Waals surface area (Å²) in [5.41, 5.74) is 1.62. The standard InChI is InChI=1S/C15H21N3S/c1-2-6-15(12-4-5-12,16-7-3-1)10-13-11-18-8-9-19-14(18)17-13/h8-9,11-12,16H,1-7,10H2. The lowest BCUT2D eigenvalue weighted by atomic mass is 9.84. The fourth-order valence-electron chi connectivity index (χ4n) is 3.63. The molecule has 3 nitrogen and oxygen atoms in total. The zero-order valence-corrected chi connectivity index (χ0v) is 12.1. The van der Waals surface area contributed by atoms with Gasteiger partial charge in [0.05, 0.1) is 5.69 Å². The molecule has 0 radical (unpaired) electrons. The number of hydrogen-bond donors (Lipinski definition) is 1. The Morgan fingerprint density at radius 2 is 2.32 bits per heavy atom. The Hall–Kier alpha value is -0.870. The molecule has 4 rings (SSSR count). The van der Waals surface area contributed by atoms with E-state index in [1.54, 1.807) is 11.3 Å². The van der Waals surface area contributed by atoms with Crippen molar-refractivity contribution in [2.45, 2.75) is 50.5 Å². The summed E-state index contributed by atoms with van der Waals surface area (Å²) in [5, 5.41) is 6.00. The monoisotopic (exact) mass is 275 g/mol. The van der Waals surface area contributed by atoms with E-state index in [0.29, 0.717) is 5.54 Å². The fraction of sp³-hybridized carbons (Fsp3) is 0.667. The third-order valence-electron chi connectivity index (χ3n) is 4.78. The smallest absolute Gasteiger partial charge is 0.193 e. The van der Waals surface area contributed by atoms with Crippen molar-refractivity contribution in [3.8, 4) is 0 Å². The molecule has 2 aromatic heterocycles. The molecule has 1 aliphatic carbocycles. The van der Waals surface area contributed by atoms with E-state index in [0.717, 1.165) is 17.3 Å². The largest absolute Gasteiger partial charge is 0.311 e. The molecule has 4 heteroatoms. The van der Waals surface area contributed by atoms with E-state index >= 15 is 0 Å². The number of hydrogen-bond acceptors (Lipinski definition) is 3. The molecule has 3 heterocycles. The third-order valence-corrected chi connectivity index (χ3v) is 5.55. The van der Waals surface area contributed by atoms with E-state index in [1.807, 2.05) is 0 Å². The molecule has 102 valence electrons. The van der Waals surface area contributed by atoms with Crippen molar-refractivity contribution in [2.75, 3.05) is 6.54 Å². The molecular weight excluding hydrogens is 254 g/mol. The van der Waals surface area contributed by atoms with Crippen molar-refractivity contribution in [2.24, 2.45) is 5.92 Å². The molecule has 19 heavy (non-hydrogen) atoms. The molecule has 1 saturated carbocycles. The first-order chi connectivity index (χ1) is 9.36. The number of thiazole rings is 1. The molecule has 0 bridgehead atoms. The van der Waals surface area contributed by atoms with Gasteiger partial charge in [0.2, 0.25) is 0 Å². The summed E-state index contributed by atoms with van der Waals surface area (Å²) in [6.07, 6.45) is 13.7. The van der Waals surface area contributed by atoms with Crippen LogP contribution in [0.3, 0.4) is 0 Å². The molecule has 0 spiro atoms. The minimum absolute atomic E-state index is 0.348. The highest BCUT2D eigenvalue weighted by Crippen LogP contribution is 2.45. The van der Waals surface area contributed by atoms with Gasteiger partial charge < -0.3 is 5.32 Å². The van der Waals surface area contributed by atoms with Crippen LogP contribution in [0.2, 0.25) is 0 Å². The molecule has 2 aliphatic rings. The van der Waals surface area contributed by atoms with E-state index in [4.69, 9.17) is 4.98 Å². The van der Waals surface area contributed by atoms with Gasteiger partial charge in [0, 0.05) is 29.7 Å². The summed E-state index contributed by atoms with van der Waals surface area (Å²) in [7, 11) is 0. The summed E-state index contributed by atoms with van der Waals surface area (Å²) < 4.78 is 2.16. The number of nitrogens with one attached hydrogen (secondary N) is 1. The van der Waals surface area contributed by atoms with Gasteiger partial charge in [-0.05, 0) is 38.1 Å². The van der Waals surface area contributed by atoms with Crippen molar-refractivity contribution >= 4 is 16.3 Å². The van der Waals surface area contributed by atoms with Crippen LogP contribution < -0.4 is 5.32 Å². The van der Waals surface area contributed by atoms with Gasteiger partial charge in [-0.2, -0.15) is 0 Å². The Bertz CT molecular complexity index is 530. The predicted molar refractivity (Wildman–Crippen MR) is 78.7 cm³/mol. The Morgan fingerprint density at radius 3 is 3.16 bits per heavy atom. The number of fused-ring (bicyclic) bond motifs is 1. The molecule has 0 amide bonds. The maximum Gasteiger partial charge on any atom is 0.193 e. The highest BCUT2D eigenvalue weighted by Gasteiger charge is 2.45. The molecule has 2 fully saturated rings. The Labute approximate surface area is 118 Å². The fourth-order valence-corrected chi connectivity index (χ4v) is 4.35. The van der Waals surface area contributed by atoms with Crippen molar-refractivity contribution in [3.63, 3.8) is 0 Å². The minimum Gasteiger partial charge on any atom is -0.311 e. The normalized spacial score (nSPS) is 28.6. The van der Waals surface area contributed by atoms with E-state index in [2.05, 4.69) is 27.5 Å². The highest BCUT2D eigenvalue weighted by molar-refractivity contribution is 7.15. The Balaban J connectivity index is 1.61. The molecule has 2 aromatic rings. The molecule has 0 aromatic carbocycles. The van der Waals surface area contributed by atoms with Gasteiger partial charge in [0.1, 0.15) is 0 Å². The zero-order chi connectivity index (χ0) is 12.7. The highest BCUT2D eigenvalue weighted by atomic mass is 32.1. The van der Waals surface area contributed by atoms with E-state index in [9.17, 15) is 0 Å². The van der Waals surface area contributed by atoms with Crippen molar-refractivity contribution in [1.29, 1.82) is 0 Å². The second-order valence-corrected chi connectivity index (χ2v) is 7.04. The first kappa shape index (κ1) is 11.9. The van der Waals surface area contributed by atoms with Crippen molar-refractivity contribution in [3.05, 3.63) is 23.5 Å². The lowest BCUT2D eigenvalue weighted by Gasteiger charge is -2.33. The zero-order valence-electron chi connectivity index (χ0n) is 11.3. The summed E-state index contributed by atoms with van der Waals surface area (Å²) in [6.45, 7) is 1.19. The average Bonchev–Trinajstić information content (AvgIpc) is 3.10. The van der Waals surface area contributed by atoms with Crippen LogP contribution in [0.25, 0.3) is 4.96 Å². The second-order valence-electron chi connectivity index (χ2n) is 6.17. The van der Waals surface area contributed by atoms with Crippen LogP contribution in [0.15, 0.2) is 17.8 Å². The molecule has 1 aliphatic heterocycles. The number of rotatable bonds is 3. The lowest BCUT2D eigenvalue weighted by Crippen LogP contribution is -2.48. The van der Waals surface area contributed by atoms with Gasteiger partial charge in [-0.3, -0.25) is 4.40 Å². The Kier molecular flexibility index (Phi) is 2.88. The molecular formula is C15H21N3S. The quantitative estimate of drug-likeness (QED) is 0.931. The molecule has 1 unspecified atom stereocenters. The van der Waals surface area contributed by atoms with Crippen LogP contribution in [0.1, 0.15) is 44.2 Å². The average molecular weight is 275 g/mol. The second kappa shape index (κ2) is 4.60. The number of nitrogens with zero attached hydrogens (tertiary/aromatic N) is 2. The SMILES string of the molecule is c1cn2cc(CC3(C4CC4)CCCCCN3)nc2s1. The van der Waals surface area contributed by atoms with Gasteiger partial charge in [-0.1, -0.05) is 12.8 Å². The number of aromatic nitrogens is 2. The van der Waals surface area contributed by atoms with E-state index in [-0.39, 0.29) is 0 Å². The first-order valence-corrected chi connectivity index (χ1v) is 8.40. The van der Waals surface area contributed by atoms with Crippen LogP contribution in [0.4, 0.5) is 0 Å². The van der Waals surface area contributed by atoms with Gasteiger partial charge in [-0.25, -0.2) is 4.98 Å². The predicted octanol–water partition coefficient (Wildman–Crippen LogP) is 3.25. The van der Waals surface area contributed by atoms with Crippen LogP contribution in [0, 0.1) is 5.92 Å². The minimum atomic E-state index is 0.348. The summed E-state index contributed by atoms with van der Waals surface area (Å²) in [5.74, 6) is 0.894. The van der Waals surface area contributed by atoms with Gasteiger partial charge >= 0.3 is 0 Å². The first-order valence-electron chi connectivity index (χ1n) is 7.52. The van der Waals surface area contributed by atoms with Crippen LogP contribution >= 0.6 is 11.3 Å². The topological polar surface area (TPSA) is 29.3 Å². The molecule has 1 saturated heterocycles. The van der Waals surface area contributed by atoms with Crippen LogP contribution in [0.5, 0.6) is 0 Å². The summed E-state index contributed by atoms with van der Waals surface area (Å²) >= 11 is 1.73. The molecule has 1 N–H and O–H groups in total. The van der Waals surface area contributed by atoms with E-state index in [1.165, 1.54) is 50.8 Å². The Morgan fingerprint density at radius 1 is 1.37 bits per heavy atom. The van der Waals surface area contributed by atoms with Crippen molar-refractivity contribution in [1.82, 2.24) is 14.7 Å². The van der Waals surface area contributed by atoms with Gasteiger partial charge in [0.25, 0.3) is 0 Å². The van der Waals surface area contributed by atoms with Gasteiger partial charge in [0.15, 0.2) is 4.96 Å². The summed E-state index contributed by atoms with van der Waals surface area (Å²) in [4.78, 5) is 5.93. The van der Waals surface area contributed by atoms with Crippen molar-refractivity contribution < 1.29 is 0 Å². The summed E-state index contributed by atoms with van der Waals surface area (Å²) in [6, 6.07) is 0. The van der Waals surface area contributed by atoms with E-state index < -0.39 is 0 Å². The van der Waals surface area contributed by atoms with Crippen LogP contribution in [-0.2, 0) is 6.42 Å². The van der Waals surface area contributed by atoms with Gasteiger partial charge in [-0.15, -0.1) is 11.3 Å². The lowest BCUT2D eigenvalue weighted by molar-refractivity contribution is 0.269. The third kappa shape index (κ3) is 2.21. The number of imidazole rings is 1.